The molecule has 2 amide bonds. The first-order valence-corrected chi connectivity index (χ1v) is 8.05. The van der Waals surface area contributed by atoms with E-state index in [0.717, 1.165) is 5.69 Å². The topological polar surface area (TPSA) is 92.4 Å². The third-order valence-electron chi connectivity index (χ3n) is 3.11. The number of esters is 1. The summed E-state index contributed by atoms with van der Waals surface area (Å²) in [6.45, 7) is 5.89. The lowest BCUT2D eigenvalue weighted by Crippen LogP contribution is -2.34. The maximum atomic E-state index is 11.6. The van der Waals surface area contributed by atoms with Crippen molar-refractivity contribution in [3.05, 3.63) is 48.2 Å². The molecule has 0 saturated carbocycles. The van der Waals surface area contributed by atoms with Crippen molar-refractivity contribution in [2.45, 2.75) is 26.8 Å². The molecule has 0 aliphatic heterocycles. The van der Waals surface area contributed by atoms with Gasteiger partial charge in [-0.15, -0.1) is 0 Å². The van der Waals surface area contributed by atoms with E-state index in [0.29, 0.717) is 23.7 Å². The first-order chi connectivity index (χ1) is 12.0. The van der Waals surface area contributed by atoms with Crippen molar-refractivity contribution in [3.63, 3.8) is 0 Å². The van der Waals surface area contributed by atoms with E-state index in [9.17, 15) is 9.59 Å². The Morgan fingerprint density at radius 1 is 1.08 bits per heavy atom. The molecule has 132 valence electrons. The van der Waals surface area contributed by atoms with E-state index in [-0.39, 0.29) is 18.0 Å². The van der Waals surface area contributed by atoms with Crippen LogP contribution < -0.4 is 16.0 Å². The predicted octanol–water partition coefficient (Wildman–Crippen LogP) is 3.53. The quantitative estimate of drug-likeness (QED) is 0.698. The van der Waals surface area contributed by atoms with Gasteiger partial charge in [-0.05, 0) is 57.2 Å². The van der Waals surface area contributed by atoms with Gasteiger partial charge in [-0.2, -0.15) is 0 Å². The number of carbonyl (C=O) groups is 2. The second-order valence-electron chi connectivity index (χ2n) is 5.61. The van der Waals surface area contributed by atoms with Gasteiger partial charge in [0.1, 0.15) is 5.82 Å². The Kier molecular flexibility index (Phi) is 6.33. The Bertz CT molecular complexity index is 712. The van der Waals surface area contributed by atoms with Crippen LogP contribution in [-0.2, 0) is 4.74 Å². The van der Waals surface area contributed by atoms with Crippen LogP contribution in [0, 0.1) is 0 Å². The molecule has 0 radical (unpaired) electrons. The van der Waals surface area contributed by atoms with Crippen molar-refractivity contribution in [3.8, 4) is 0 Å². The maximum absolute atomic E-state index is 11.6. The van der Waals surface area contributed by atoms with Gasteiger partial charge >= 0.3 is 12.0 Å². The van der Waals surface area contributed by atoms with E-state index in [1.807, 2.05) is 13.8 Å². The SMILES string of the molecule is CCOC(=O)c1ccc(Nc2ccc(NC(=O)NC(C)C)cn2)cc1. The fraction of sp³-hybridized carbons (Fsp3) is 0.278. The highest BCUT2D eigenvalue weighted by Crippen LogP contribution is 2.17. The molecule has 0 saturated heterocycles. The van der Waals surface area contributed by atoms with Crippen molar-refractivity contribution >= 4 is 29.2 Å². The normalized spacial score (nSPS) is 10.2. The molecular weight excluding hydrogens is 320 g/mol. The molecule has 0 spiro atoms. The van der Waals surface area contributed by atoms with Crippen molar-refractivity contribution in [1.82, 2.24) is 10.3 Å². The first-order valence-electron chi connectivity index (χ1n) is 8.05. The number of urea groups is 1. The summed E-state index contributed by atoms with van der Waals surface area (Å²) in [4.78, 5) is 27.5. The Balaban J connectivity index is 1.94. The molecule has 0 unspecified atom stereocenters. The highest BCUT2D eigenvalue weighted by atomic mass is 16.5. The highest BCUT2D eigenvalue weighted by molar-refractivity contribution is 5.90. The second-order valence-corrected chi connectivity index (χ2v) is 5.61. The van der Waals surface area contributed by atoms with Crippen LogP contribution in [0.4, 0.5) is 22.0 Å². The molecule has 2 aromatic rings. The average molecular weight is 342 g/mol. The van der Waals surface area contributed by atoms with Crippen LogP contribution in [-0.4, -0.2) is 29.6 Å². The molecular formula is C18H22N4O3. The van der Waals surface area contributed by atoms with E-state index in [1.54, 1.807) is 49.5 Å². The van der Waals surface area contributed by atoms with Crippen LogP contribution >= 0.6 is 0 Å². The Morgan fingerprint density at radius 3 is 2.32 bits per heavy atom. The second kappa shape index (κ2) is 8.68. The van der Waals surface area contributed by atoms with Gasteiger partial charge in [0.05, 0.1) is 24.1 Å². The Morgan fingerprint density at radius 2 is 1.76 bits per heavy atom. The summed E-state index contributed by atoms with van der Waals surface area (Å²) in [6.07, 6.45) is 1.56. The van der Waals surface area contributed by atoms with Crippen molar-refractivity contribution in [2.75, 3.05) is 17.2 Å². The summed E-state index contributed by atoms with van der Waals surface area (Å²) in [5.74, 6) is 0.279. The van der Waals surface area contributed by atoms with Crippen LogP contribution in [0.5, 0.6) is 0 Å². The summed E-state index contributed by atoms with van der Waals surface area (Å²) in [5.41, 5.74) is 1.89. The number of carbonyl (C=O) groups excluding carboxylic acids is 2. The number of hydrogen-bond acceptors (Lipinski definition) is 5. The summed E-state index contributed by atoms with van der Waals surface area (Å²) < 4.78 is 4.94. The molecule has 2 rings (SSSR count). The molecule has 1 heterocycles. The standard InChI is InChI=1S/C18H22N4O3/c1-4-25-17(23)13-5-7-14(8-6-13)21-16-10-9-15(11-19-16)22-18(24)20-12(2)3/h5-12H,4H2,1-3H3,(H,19,21)(H2,20,22,24). The molecule has 0 atom stereocenters. The lowest BCUT2D eigenvalue weighted by molar-refractivity contribution is 0.0526. The number of aromatic nitrogens is 1. The number of rotatable bonds is 6. The summed E-state index contributed by atoms with van der Waals surface area (Å²) in [6, 6.07) is 10.2. The summed E-state index contributed by atoms with van der Waals surface area (Å²) in [7, 11) is 0. The zero-order valence-corrected chi connectivity index (χ0v) is 14.5. The predicted molar refractivity (Wildman–Crippen MR) is 97.2 cm³/mol. The molecule has 3 N–H and O–H groups in total. The van der Waals surface area contributed by atoms with Crippen LogP contribution in [0.1, 0.15) is 31.1 Å². The Hall–Kier alpha value is -3.09. The number of hydrogen-bond donors (Lipinski definition) is 3. The van der Waals surface area contributed by atoms with Crippen molar-refractivity contribution < 1.29 is 14.3 Å². The smallest absolute Gasteiger partial charge is 0.338 e. The number of anilines is 3. The molecule has 0 bridgehead atoms. The van der Waals surface area contributed by atoms with E-state index in [4.69, 9.17) is 4.74 Å². The minimum absolute atomic E-state index is 0.0616. The molecule has 0 fully saturated rings. The fourth-order valence-corrected chi connectivity index (χ4v) is 2.02. The minimum Gasteiger partial charge on any atom is -0.462 e. The van der Waals surface area contributed by atoms with Crippen molar-refractivity contribution in [1.29, 1.82) is 0 Å². The lowest BCUT2D eigenvalue weighted by atomic mass is 10.2. The third-order valence-corrected chi connectivity index (χ3v) is 3.11. The maximum Gasteiger partial charge on any atom is 0.338 e. The molecule has 7 nitrogen and oxygen atoms in total. The molecule has 1 aromatic heterocycles. The van der Waals surface area contributed by atoms with E-state index in [1.165, 1.54) is 0 Å². The number of nitrogens with zero attached hydrogens (tertiary/aromatic N) is 1. The van der Waals surface area contributed by atoms with Crippen LogP contribution in [0.15, 0.2) is 42.6 Å². The molecule has 7 heteroatoms. The van der Waals surface area contributed by atoms with Crippen LogP contribution in [0.25, 0.3) is 0 Å². The molecule has 0 aliphatic carbocycles. The third kappa shape index (κ3) is 5.80. The van der Waals surface area contributed by atoms with Gasteiger partial charge in [0.15, 0.2) is 0 Å². The lowest BCUT2D eigenvalue weighted by Gasteiger charge is -2.11. The van der Waals surface area contributed by atoms with E-state index in [2.05, 4.69) is 20.9 Å². The minimum atomic E-state index is -0.345. The molecule has 25 heavy (non-hydrogen) atoms. The Labute approximate surface area is 146 Å². The number of amides is 2. The van der Waals surface area contributed by atoms with Crippen molar-refractivity contribution in [2.24, 2.45) is 0 Å². The monoisotopic (exact) mass is 342 g/mol. The number of benzene rings is 1. The fourth-order valence-electron chi connectivity index (χ4n) is 2.02. The van der Waals surface area contributed by atoms with Gasteiger partial charge in [-0.1, -0.05) is 0 Å². The van der Waals surface area contributed by atoms with E-state index < -0.39 is 0 Å². The van der Waals surface area contributed by atoms with Crippen LogP contribution in [0.2, 0.25) is 0 Å². The van der Waals surface area contributed by atoms with Gasteiger partial charge < -0.3 is 20.7 Å². The van der Waals surface area contributed by atoms with Gasteiger partial charge in [-0.25, -0.2) is 14.6 Å². The van der Waals surface area contributed by atoms with Gasteiger partial charge in [0.2, 0.25) is 0 Å². The van der Waals surface area contributed by atoms with E-state index >= 15 is 0 Å². The largest absolute Gasteiger partial charge is 0.462 e. The first kappa shape index (κ1) is 18.3. The van der Waals surface area contributed by atoms with Crippen LogP contribution in [0.3, 0.4) is 0 Å². The van der Waals surface area contributed by atoms with Gasteiger partial charge in [0, 0.05) is 11.7 Å². The zero-order chi connectivity index (χ0) is 18.2. The highest BCUT2D eigenvalue weighted by Gasteiger charge is 2.06. The van der Waals surface area contributed by atoms with Gasteiger partial charge in [-0.3, -0.25) is 0 Å². The zero-order valence-electron chi connectivity index (χ0n) is 14.5. The molecule has 0 aliphatic rings. The molecule has 1 aromatic carbocycles. The number of pyridine rings is 1. The number of ether oxygens (including phenoxy) is 1. The summed E-state index contributed by atoms with van der Waals surface area (Å²) in [5, 5.41) is 8.57. The summed E-state index contributed by atoms with van der Waals surface area (Å²) >= 11 is 0. The van der Waals surface area contributed by atoms with Gasteiger partial charge in [0.25, 0.3) is 0 Å². The number of nitrogens with one attached hydrogen (secondary N) is 3. The average Bonchev–Trinajstić information content (AvgIpc) is 2.57.